The highest BCUT2D eigenvalue weighted by molar-refractivity contribution is 8.26. The summed E-state index contributed by atoms with van der Waals surface area (Å²) in [6, 6.07) is 7.10. The summed E-state index contributed by atoms with van der Waals surface area (Å²) < 4.78 is 6.38. The van der Waals surface area contributed by atoms with E-state index in [0.717, 1.165) is 5.56 Å². The van der Waals surface area contributed by atoms with Crippen molar-refractivity contribution in [3.63, 3.8) is 0 Å². The Kier molecular flexibility index (Phi) is 6.27. The summed E-state index contributed by atoms with van der Waals surface area (Å²) in [5.41, 5.74) is 3.91. The lowest BCUT2D eigenvalue weighted by atomic mass is 10.1. The van der Waals surface area contributed by atoms with E-state index in [1.165, 1.54) is 29.3 Å². The van der Waals surface area contributed by atoms with E-state index in [9.17, 15) is 9.59 Å². The zero-order valence-electron chi connectivity index (χ0n) is 15.0. The van der Waals surface area contributed by atoms with E-state index < -0.39 is 0 Å². The minimum absolute atomic E-state index is 0.201. The van der Waals surface area contributed by atoms with E-state index in [1.807, 2.05) is 12.1 Å². The smallest absolute Gasteiger partial charge is 0.270 e. The van der Waals surface area contributed by atoms with Gasteiger partial charge in [-0.3, -0.25) is 25.0 Å². The third kappa shape index (κ3) is 4.68. The molecule has 28 heavy (non-hydrogen) atoms. The summed E-state index contributed by atoms with van der Waals surface area (Å²) in [7, 11) is 1.60. The fourth-order valence-electron chi connectivity index (χ4n) is 2.62. The van der Waals surface area contributed by atoms with Gasteiger partial charge in [-0.15, -0.1) is 0 Å². The lowest BCUT2D eigenvalue weighted by Crippen LogP contribution is -2.37. The molecule has 3 rings (SSSR count). The molecule has 0 radical (unpaired) electrons. The first kappa shape index (κ1) is 19.8. The van der Waals surface area contributed by atoms with Crippen LogP contribution in [0, 0.1) is 0 Å². The molecule has 0 saturated carbocycles. The lowest BCUT2D eigenvalue weighted by Gasteiger charge is -2.16. The molecule has 0 aliphatic carbocycles. The number of ether oxygens (including phenoxy) is 1. The molecule has 9 heteroatoms. The first-order valence-corrected chi connectivity index (χ1v) is 9.59. The van der Waals surface area contributed by atoms with E-state index in [-0.39, 0.29) is 17.9 Å². The molecule has 7 nitrogen and oxygen atoms in total. The Labute approximate surface area is 172 Å². The van der Waals surface area contributed by atoms with E-state index >= 15 is 0 Å². The number of aliphatic imine (C=N–C) groups is 1. The van der Waals surface area contributed by atoms with Gasteiger partial charge in [-0.1, -0.05) is 42.7 Å². The van der Waals surface area contributed by atoms with Crippen LogP contribution in [0.2, 0.25) is 0 Å². The highest BCUT2D eigenvalue weighted by Crippen LogP contribution is 2.31. The third-order valence-corrected chi connectivity index (χ3v) is 5.05. The summed E-state index contributed by atoms with van der Waals surface area (Å²) in [5, 5.41) is 3.96. The van der Waals surface area contributed by atoms with Crippen LogP contribution >= 0.6 is 24.0 Å². The molecular formula is C19H18N4O3S2. The number of hydrogen-bond acceptors (Lipinski definition) is 6. The molecule has 1 atom stereocenters. The van der Waals surface area contributed by atoms with Crippen molar-refractivity contribution in [2.75, 3.05) is 7.05 Å². The lowest BCUT2D eigenvalue weighted by molar-refractivity contribution is -0.115. The summed E-state index contributed by atoms with van der Waals surface area (Å²) in [4.78, 5) is 28.6. The van der Waals surface area contributed by atoms with Gasteiger partial charge in [0.1, 0.15) is 22.5 Å². The average molecular weight is 415 g/mol. The van der Waals surface area contributed by atoms with Gasteiger partial charge in [0.05, 0.1) is 4.91 Å². The van der Waals surface area contributed by atoms with Crippen LogP contribution in [-0.4, -0.2) is 40.6 Å². The molecule has 2 amide bonds. The minimum Gasteiger partial charge on any atom is -0.486 e. The number of rotatable bonds is 6. The van der Waals surface area contributed by atoms with Crippen LogP contribution in [0.1, 0.15) is 22.3 Å². The number of hydrazine groups is 1. The van der Waals surface area contributed by atoms with E-state index in [0.29, 0.717) is 27.0 Å². The SMILES string of the molecule is C=CN(/C=N\C)NC(=O)c1cccc(C2=CCC(/C=C3\SC(=S)NC3=O)O2)c1. The summed E-state index contributed by atoms with van der Waals surface area (Å²) in [5.74, 6) is 0.165. The Morgan fingerprint density at radius 3 is 3.04 bits per heavy atom. The summed E-state index contributed by atoms with van der Waals surface area (Å²) >= 11 is 6.22. The zero-order valence-corrected chi connectivity index (χ0v) is 16.7. The van der Waals surface area contributed by atoms with Crippen molar-refractivity contribution in [2.24, 2.45) is 4.99 Å². The second-order valence-corrected chi connectivity index (χ2v) is 7.54. The van der Waals surface area contributed by atoms with Crippen LogP contribution in [0.3, 0.4) is 0 Å². The maximum Gasteiger partial charge on any atom is 0.270 e. The fraction of sp³-hybridized carbons (Fsp3) is 0.158. The molecule has 1 aromatic rings. The minimum atomic E-state index is -0.300. The maximum atomic E-state index is 12.4. The quantitative estimate of drug-likeness (QED) is 0.245. The number of benzene rings is 1. The van der Waals surface area contributed by atoms with Crippen LogP contribution in [0.4, 0.5) is 0 Å². The van der Waals surface area contributed by atoms with Gasteiger partial charge in [0.2, 0.25) is 0 Å². The second kappa shape index (κ2) is 8.85. The predicted molar refractivity (Wildman–Crippen MR) is 114 cm³/mol. The van der Waals surface area contributed by atoms with Gasteiger partial charge in [0.25, 0.3) is 11.8 Å². The van der Waals surface area contributed by atoms with Crippen molar-refractivity contribution in [1.29, 1.82) is 0 Å². The molecule has 2 aliphatic rings. The molecule has 1 aromatic carbocycles. The highest BCUT2D eigenvalue weighted by Gasteiger charge is 2.26. The molecule has 0 spiro atoms. The first-order valence-electron chi connectivity index (χ1n) is 8.36. The van der Waals surface area contributed by atoms with E-state index in [2.05, 4.69) is 22.3 Å². The molecule has 0 aromatic heterocycles. The Bertz CT molecular complexity index is 924. The van der Waals surface area contributed by atoms with Crippen molar-refractivity contribution < 1.29 is 14.3 Å². The molecule has 1 saturated heterocycles. The van der Waals surface area contributed by atoms with Crippen LogP contribution < -0.4 is 10.7 Å². The number of nitrogens with one attached hydrogen (secondary N) is 2. The van der Waals surface area contributed by atoms with Gasteiger partial charge < -0.3 is 10.1 Å². The molecule has 144 valence electrons. The van der Waals surface area contributed by atoms with Gasteiger partial charge in [-0.25, -0.2) is 0 Å². The monoisotopic (exact) mass is 414 g/mol. The van der Waals surface area contributed by atoms with Crippen molar-refractivity contribution in [1.82, 2.24) is 15.8 Å². The number of nitrogens with zero attached hydrogens (tertiary/aromatic N) is 2. The van der Waals surface area contributed by atoms with E-state index in [4.69, 9.17) is 17.0 Å². The van der Waals surface area contributed by atoms with Crippen LogP contribution in [0.15, 0.2) is 59.1 Å². The third-order valence-electron chi connectivity index (χ3n) is 3.87. The number of hydrogen-bond donors (Lipinski definition) is 2. The Hall–Kier alpha value is -2.91. The normalized spacial score (nSPS) is 20.1. The zero-order chi connectivity index (χ0) is 20.1. The highest BCUT2D eigenvalue weighted by atomic mass is 32.2. The number of thiocarbonyl (C=S) groups is 1. The molecule has 2 N–H and O–H groups in total. The molecule has 0 bridgehead atoms. The molecular weight excluding hydrogens is 396 g/mol. The Balaban J connectivity index is 1.68. The molecule has 1 unspecified atom stereocenters. The number of carbonyl (C=O) groups is 2. The van der Waals surface area contributed by atoms with Crippen LogP contribution in [-0.2, 0) is 9.53 Å². The fourth-order valence-corrected chi connectivity index (χ4v) is 3.69. The van der Waals surface area contributed by atoms with Gasteiger partial charge >= 0.3 is 0 Å². The van der Waals surface area contributed by atoms with Crippen molar-refractivity contribution in [3.8, 4) is 0 Å². The largest absolute Gasteiger partial charge is 0.486 e. The second-order valence-electron chi connectivity index (χ2n) is 5.82. The number of thioether (sulfide) groups is 1. The van der Waals surface area contributed by atoms with Crippen molar-refractivity contribution >= 4 is 52.2 Å². The topological polar surface area (TPSA) is 83.0 Å². The molecule has 1 fully saturated rings. The van der Waals surface area contributed by atoms with Gasteiger partial charge in [-0.2, -0.15) is 0 Å². The standard InChI is InChI=1S/C19H18N4O3S2/c1-3-23(11-20-2)22-17(24)13-6-4-5-12(9-13)15-8-7-14(26-15)10-16-18(25)21-19(27)28-16/h3-6,8-11,14H,1,7H2,2H3,(H,22,24)(H,21,25,27)/b16-10-,20-11-. The average Bonchev–Trinajstić information content (AvgIpc) is 3.27. The van der Waals surface area contributed by atoms with Crippen LogP contribution in [0.5, 0.6) is 0 Å². The van der Waals surface area contributed by atoms with E-state index in [1.54, 1.807) is 31.3 Å². The molecule has 2 heterocycles. The number of amides is 2. The summed E-state index contributed by atoms with van der Waals surface area (Å²) in [6.07, 6.45) is 6.97. The summed E-state index contributed by atoms with van der Waals surface area (Å²) in [6.45, 7) is 3.61. The van der Waals surface area contributed by atoms with Gasteiger partial charge in [-0.05, 0) is 24.3 Å². The number of carbonyl (C=O) groups excluding carboxylic acids is 2. The van der Waals surface area contributed by atoms with Crippen molar-refractivity contribution in [2.45, 2.75) is 12.5 Å². The predicted octanol–water partition coefficient (Wildman–Crippen LogP) is 2.60. The van der Waals surface area contributed by atoms with Crippen molar-refractivity contribution in [3.05, 3.63) is 65.2 Å². The Morgan fingerprint density at radius 2 is 2.36 bits per heavy atom. The van der Waals surface area contributed by atoms with Gasteiger partial charge in [0.15, 0.2) is 0 Å². The molecule has 2 aliphatic heterocycles. The van der Waals surface area contributed by atoms with Crippen LogP contribution in [0.25, 0.3) is 5.76 Å². The Morgan fingerprint density at radius 1 is 1.54 bits per heavy atom. The van der Waals surface area contributed by atoms with Gasteiger partial charge in [0, 0.05) is 30.8 Å². The maximum absolute atomic E-state index is 12.4. The first-order chi connectivity index (χ1) is 13.5.